The molecule has 0 spiro atoms. The lowest BCUT2D eigenvalue weighted by Gasteiger charge is -2.07. The lowest BCUT2D eigenvalue weighted by Crippen LogP contribution is -2.05. The molecule has 0 unspecified atom stereocenters. The lowest BCUT2D eigenvalue weighted by molar-refractivity contribution is 0.465. The fourth-order valence-electron chi connectivity index (χ4n) is 1.46. The molecule has 5 heteroatoms. The Kier molecular flexibility index (Phi) is 3.27. The van der Waals surface area contributed by atoms with Gasteiger partial charge in [0, 0.05) is 12.6 Å². The van der Waals surface area contributed by atoms with Gasteiger partial charge in [-0.3, -0.25) is 0 Å². The molecule has 3 N–H and O–H groups in total. The Morgan fingerprint density at radius 3 is 2.94 bits per heavy atom. The van der Waals surface area contributed by atoms with Crippen LogP contribution < -0.4 is 11.1 Å². The topological polar surface area (TPSA) is 77.0 Å². The van der Waals surface area contributed by atoms with E-state index in [4.69, 9.17) is 10.2 Å². The molecule has 0 radical (unpaired) electrons. The first-order valence-corrected chi connectivity index (χ1v) is 5.59. The zero-order valence-corrected chi connectivity index (χ0v) is 10.0. The minimum Gasteiger partial charge on any atom is -0.444 e. The summed E-state index contributed by atoms with van der Waals surface area (Å²) in [5, 5.41) is 3.12. The Hall–Kier alpha value is -2.04. The molecule has 2 heterocycles. The number of nitrogen functional groups attached to an aromatic ring is 1. The van der Waals surface area contributed by atoms with Crippen LogP contribution in [0.2, 0.25) is 0 Å². The van der Waals surface area contributed by atoms with E-state index in [1.807, 2.05) is 19.9 Å². The second-order valence-corrected chi connectivity index (χ2v) is 3.82. The summed E-state index contributed by atoms with van der Waals surface area (Å²) in [6.45, 7) is 4.46. The summed E-state index contributed by atoms with van der Waals surface area (Å²) in [4.78, 5) is 8.33. The Morgan fingerprint density at radius 1 is 1.41 bits per heavy atom. The summed E-state index contributed by atoms with van der Waals surface area (Å²) in [7, 11) is 0. The summed E-state index contributed by atoms with van der Waals surface area (Å²) in [5.74, 6) is 2.19. The number of anilines is 2. The van der Waals surface area contributed by atoms with Gasteiger partial charge >= 0.3 is 0 Å². The number of aromatic nitrogens is 2. The summed E-state index contributed by atoms with van der Waals surface area (Å²) in [5.41, 5.74) is 7.57. The Morgan fingerprint density at radius 2 is 2.24 bits per heavy atom. The molecule has 0 aliphatic heterocycles. The summed E-state index contributed by atoms with van der Waals surface area (Å²) >= 11 is 0. The second kappa shape index (κ2) is 4.86. The van der Waals surface area contributed by atoms with E-state index >= 15 is 0 Å². The molecule has 0 atom stereocenters. The van der Waals surface area contributed by atoms with Gasteiger partial charge in [0.25, 0.3) is 0 Å². The first kappa shape index (κ1) is 11.4. The third kappa shape index (κ3) is 2.55. The predicted octanol–water partition coefficient (Wildman–Crippen LogP) is 2.13. The monoisotopic (exact) mass is 232 g/mol. The van der Waals surface area contributed by atoms with Crippen molar-refractivity contribution >= 4 is 11.5 Å². The van der Waals surface area contributed by atoms with Crippen LogP contribution >= 0.6 is 0 Å². The highest BCUT2D eigenvalue weighted by atomic mass is 16.4. The van der Waals surface area contributed by atoms with Crippen molar-refractivity contribution in [2.24, 2.45) is 0 Å². The van der Waals surface area contributed by atoms with Crippen LogP contribution in [0.15, 0.2) is 22.9 Å². The lowest BCUT2D eigenvalue weighted by atomic mass is 10.2. The van der Waals surface area contributed by atoms with Gasteiger partial charge in [0.05, 0.1) is 18.4 Å². The van der Waals surface area contributed by atoms with E-state index < -0.39 is 0 Å². The number of oxazole rings is 1. The Labute approximate surface area is 100 Å². The van der Waals surface area contributed by atoms with Gasteiger partial charge in [-0.05, 0) is 18.6 Å². The zero-order valence-electron chi connectivity index (χ0n) is 10.0. The van der Waals surface area contributed by atoms with Gasteiger partial charge in [0.2, 0.25) is 5.89 Å². The third-order valence-electron chi connectivity index (χ3n) is 2.57. The van der Waals surface area contributed by atoms with Crippen LogP contribution in [0.1, 0.15) is 24.1 Å². The van der Waals surface area contributed by atoms with Crippen molar-refractivity contribution in [1.82, 2.24) is 9.97 Å². The van der Waals surface area contributed by atoms with E-state index in [2.05, 4.69) is 15.3 Å². The number of nitrogens with two attached hydrogens (primary N) is 1. The van der Waals surface area contributed by atoms with Crippen LogP contribution in [0.25, 0.3) is 0 Å². The van der Waals surface area contributed by atoms with Gasteiger partial charge < -0.3 is 15.5 Å². The molecule has 2 rings (SSSR count). The highest BCUT2D eigenvalue weighted by molar-refractivity contribution is 5.64. The van der Waals surface area contributed by atoms with Gasteiger partial charge in [-0.2, -0.15) is 0 Å². The fourth-order valence-corrected chi connectivity index (χ4v) is 1.46. The van der Waals surface area contributed by atoms with Crippen LogP contribution in [0, 0.1) is 6.92 Å². The molecular formula is C12H16N4O. The maximum absolute atomic E-state index is 5.90. The minimum atomic E-state index is 0.487. The molecule has 90 valence electrons. The minimum absolute atomic E-state index is 0.487. The maximum Gasteiger partial charge on any atom is 0.213 e. The molecule has 0 saturated carbocycles. The smallest absolute Gasteiger partial charge is 0.213 e. The average molecular weight is 232 g/mol. The van der Waals surface area contributed by atoms with Gasteiger partial charge in [-0.25, -0.2) is 9.97 Å². The predicted molar refractivity (Wildman–Crippen MR) is 66.6 cm³/mol. The van der Waals surface area contributed by atoms with Crippen molar-refractivity contribution in [2.45, 2.75) is 26.8 Å². The van der Waals surface area contributed by atoms with Gasteiger partial charge in [-0.1, -0.05) is 6.92 Å². The van der Waals surface area contributed by atoms with E-state index in [0.717, 1.165) is 17.7 Å². The number of pyridine rings is 1. The van der Waals surface area contributed by atoms with Crippen molar-refractivity contribution in [3.8, 4) is 0 Å². The quantitative estimate of drug-likeness (QED) is 0.844. The van der Waals surface area contributed by atoms with Crippen molar-refractivity contribution in [2.75, 3.05) is 11.1 Å². The van der Waals surface area contributed by atoms with Crippen molar-refractivity contribution < 1.29 is 4.42 Å². The van der Waals surface area contributed by atoms with Crippen LogP contribution in [-0.2, 0) is 13.0 Å². The van der Waals surface area contributed by atoms with Crippen molar-refractivity contribution in [1.29, 1.82) is 0 Å². The molecule has 0 aliphatic carbocycles. The molecule has 0 aromatic carbocycles. The molecule has 5 nitrogen and oxygen atoms in total. The summed E-state index contributed by atoms with van der Waals surface area (Å²) < 4.78 is 5.48. The molecule has 2 aromatic heterocycles. The van der Waals surface area contributed by atoms with Gasteiger partial charge in [0.15, 0.2) is 0 Å². The van der Waals surface area contributed by atoms with Crippen LogP contribution in [-0.4, -0.2) is 9.97 Å². The molecule has 0 fully saturated rings. The standard InChI is InChI=1S/C12H16N4O/c1-3-9-6-15-10(17-9)7-16-12-11(13)8(2)4-5-14-12/h4-6H,3,7,13H2,1-2H3,(H,14,16). The SMILES string of the molecule is CCc1cnc(CNc2nccc(C)c2N)o1. The fraction of sp³-hybridized carbons (Fsp3) is 0.333. The van der Waals surface area contributed by atoms with Crippen LogP contribution in [0.3, 0.4) is 0 Å². The molecule has 0 amide bonds. The first-order chi connectivity index (χ1) is 8.20. The van der Waals surface area contributed by atoms with E-state index in [9.17, 15) is 0 Å². The number of hydrogen-bond donors (Lipinski definition) is 2. The second-order valence-electron chi connectivity index (χ2n) is 3.82. The zero-order chi connectivity index (χ0) is 12.3. The maximum atomic E-state index is 5.90. The Bertz CT molecular complexity index is 507. The molecule has 2 aromatic rings. The molecule has 0 aliphatic rings. The van der Waals surface area contributed by atoms with Crippen molar-refractivity contribution in [3.05, 3.63) is 35.7 Å². The number of nitrogens with zero attached hydrogens (tertiary/aromatic N) is 2. The molecular weight excluding hydrogens is 216 g/mol. The number of nitrogens with one attached hydrogen (secondary N) is 1. The van der Waals surface area contributed by atoms with E-state index in [0.29, 0.717) is 23.9 Å². The van der Waals surface area contributed by atoms with E-state index in [-0.39, 0.29) is 0 Å². The third-order valence-corrected chi connectivity index (χ3v) is 2.57. The highest BCUT2D eigenvalue weighted by Crippen LogP contribution is 2.19. The number of rotatable bonds is 4. The first-order valence-electron chi connectivity index (χ1n) is 5.59. The summed E-state index contributed by atoms with van der Waals surface area (Å²) in [6, 6.07) is 1.88. The van der Waals surface area contributed by atoms with Crippen molar-refractivity contribution in [3.63, 3.8) is 0 Å². The van der Waals surface area contributed by atoms with E-state index in [1.165, 1.54) is 0 Å². The van der Waals surface area contributed by atoms with E-state index in [1.54, 1.807) is 12.4 Å². The molecule has 0 bridgehead atoms. The number of aryl methyl sites for hydroxylation is 2. The van der Waals surface area contributed by atoms with Crippen LogP contribution in [0.5, 0.6) is 0 Å². The van der Waals surface area contributed by atoms with Gasteiger partial charge in [0.1, 0.15) is 11.6 Å². The average Bonchev–Trinajstić information content (AvgIpc) is 2.79. The normalized spacial score (nSPS) is 10.5. The van der Waals surface area contributed by atoms with Crippen LogP contribution in [0.4, 0.5) is 11.5 Å². The highest BCUT2D eigenvalue weighted by Gasteiger charge is 2.05. The molecule has 17 heavy (non-hydrogen) atoms. The number of hydrogen-bond acceptors (Lipinski definition) is 5. The Balaban J connectivity index is 2.04. The molecule has 0 saturated heterocycles. The van der Waals surface area contributed by atoms with Gasteiger partial charge in [-0.15, -0.1) is 0 Å². The largest absolute Gasteiger partial charge is 0.444 e. The summed E-state index contributed by atoms with van der Waals surface area (Å²) in [6.07, 6.45) is 4.31.